The molecule has 1 spiro atoms. The van der Waals surface area contributed by atoms with Gasteiger partial charge < -0.3 is 5.32 Å². The quantitative estimate of drug-likeness (QED) is 0.700. The van der Waals surface area contributed by atoms with Gasteiger partial charge >= 0.3 is 0 Å². The topological polar surface area (TPSA) is 12.0 Å². The fraction of sp³-hybridized carbons (Fsp3) is 0.250. The largest absolute Gasteiger partial charge is 0.307 e. The van der Waals surface area contributed by atoms with E-state index in [1.807, 2.05) is 0 Å². The van der Waals surface area contributed by atoms with E-state index < -0.39 is 7.92 Å². The molecule has 0 amide bonds. The van der Waals surface area contributed by atoms with E-state index in [1.165, 1.54) is 36.3 Å². The van der Waals surface area contributed by atoms with Gasteiger partial charge in [-0.1, -0.05) is 78.9 Å². The van der Waals surface area contributed by atoms with E-state index in [-0.39, 0.29) is 5.54 Å². The Kier molecular flexibility index (Phi) is 4.15. The molecule has 0 bridgehead atoms. The lowest BCUT2D eigenvalue weighted by Gasteiger charge is -2.31. The SMILES string of the molecule is c1ccc(P(c2ccccc2)c2cccc3c2[C@]2(CCCN2)CC3)cc1. The Hall–Kier alpha value is -1.95. The summed E-state index contributed by atoms with van der Waals surface area (Å²) in [5, 5.41) is 8.35. The highest BCUT2D eigenvalue weighted by Crippen LogP contribution is 2.46. The summed E-state index contributed by atoms with van der Waals surface area (Å²) >= 11 is 0. The number of fused-ring (bicyclic) bond motifs is 2. The first-order valence-electron chi connectivity index (χ1n) is 9.65. The van der Waals surface area contributed by atoms with E-state index >= 15 is 0 Å². The van der Waals surface area contributed by atoms with E-state index in [1.54, 1.807) is 16.4 Å². The van der Waals surface area contributed by atoms with Crippen LogP contribution in [0.5, 0.6) is 0 Å². The lowest BCUT2D eigenvalue weighted by Crippen LogP contribution is -2.39. The summed E-state index contributed by atoms with van der Waals surface area (Å²) in [5.41, 5.74) is 3.41. The van der Waals surface area contributed by atoms with Gasteiger partial charge in [0.2, 0.25) is 0 Å². The normalized spacial score (nSPS) is 21.4. The Balaban J connectivity index is 1.73. The number of rotatable bonds is 3. The van der Waals surface area contributed by atoms with Gasteiger partial charge in [0.15, 0.2) is 0 Å². The maximum absolute atomic E-state index is 3.90. The van der Waals surface area contributed by atoms with Crippen molar-refractivity contribution < 1.29 is 0 Å². The molecule has 0 aromatic heterocycles. The van der Waals surface area contributed by atoms with Crippen LogP contribution in [0.25, 0.3) is 0 Å². The second kappa shape index (κ2) is 6.65. The van der Waals surface area contributed by atoms with Gasteiger partial charge in [0.25, 0.3) is 0 Å². The van der Waals surface area contributed by atoms with Crippen LogP contribution in [-0.4, -0.2) is 6.54 Å². The summed E-state index contributed by atoms with van der Waals surface area (Å²) in [4.78, 5) is 0. The molecule has 0 saturated carbocycles. The number of hydrogen-bond donors (Lipinski definition) is 1. The summed E-state index contributed by atoms with van der Waals surface area (Å²) in [5.74, 6) is 0. The van der Waals surface area contributed by atoms with Crippen LogP contribution in [0, 0.1) is 0 Å². The van der Waals surface area contributed by atoms with Gasteiger partial charge in [-0.3, -0.25) is 0 Å². The smallest absolute Gasteiger partial charge is 0.0447 e. The monoisotopic (exact) mass is 357 g/mol. The van der Waals surface area contributed by atoms with Crippen molar-refractivity contribution in [2.75, 3.05) is 6.54 Å². The summed E-state index contributed by atoms with van der Waals surface area (Å²) in [6, 6.07) is 29.2. The second-order valence-electron chi connectivity index (χ2n) is 7.43. The van der Waals surface area contributed by atoms with E-state index in [4.69, 9.17) is 0 Å². The average Bonchev–Trinajstić information content (AvgIpc) is 3.33. The highest BCUT2D eigenvalue weighted by atomic mass is 31.1. The number of benzene rings is 3. The molecule has 1 nitrogen and oxygen atoms in total. The predicted molar refractivity (Wildman–Crippen MR) is 112 cm³/mol. The first kappa shape index (κ1) is 16.2. The summed E-state index contributed by atoms with van der Waals surface area (Å²) < 4.78 is 0. The molecule has 1 saturated heterocycles. The van der Waals surface area contributed by atoms with Gasteiger partial charge in [0.05, 0.1) is 0 Å². The second-order valence-corrected chi connectivity index (χ2v) is 9.62. The molecule has 130 valence electrons. The molecule has 0 radical (unpaired) electrons. The van der Waals surface area contributed by atoms with Crippen LogP contribution in [-0.2, 0) is 12.0 Å². The summed E-state index contributed by atoms with van der Waals surface area (Å²) in [7, 11) is -0.531. The van der Waals surface area contributed by atoms with E-state index in [2.05, 4.69) is 84.2 Å². The van der Waals surface area contributed by atoms with Crippen molar-refractivity contribution in [3.8, 4) is 0 Å². The van der Waals surface area contributed by atoms with Crippen molar-refractivity contribution in [2.24, 2.45) is 0 Å². The van der Waals surface area contributed by atoms with E-state index in [9.17, 15) is 0 Å². The molecular formula is C24H24NP. The standard InChI is InChI=1S/C24H24NP/c1-3-10-20(11-4-1)26(21-12-5-2-6-13-21)22-14-7-9-19-15-17-24(23(19)22)16-8-18-25-24/h1-7,9-14,25H,8,15-18H2/t24-/m0/s1. The van der Waals surface area contributed by atoms with Gasteiger partial charge in [-0.05, 0) is 67.2 Å². The fourth-order valence-corrected chi connectivity index (χ4v) is 7.43. The molecule has 1 aliphatic carbocycles. The lowest BCUT2D eigenvalue weighted by atomic mass is 9.90. The molecule has 1 heterocycles. The van der Waals surface area contributed by atoms with Crippen molar-refractivity contribution in [2.45, 2.75) is 31.2 Å². The van der Waals surface area contributed by atoms with Gasteiger partial charge in [0, 0.05) is 5.54 Å². The number of hydrogen-bond acceptors (Lipinski definition) is 1. The number of aryl methyl sites for hydroxylation is 1. The van der Waals surface area contributed by atoms with Crippen LogP contribution >= 0.6 is 7.92 Å². The van der Waals surface area contributed by atoms with Crippen molar-refractivity contribution in [1.82, 2.24) is 5.32 Å². The Labute approximate surface area is 157 Å². The highest BCUT2D eigenvalue weighted by Gasteiger charge is 2.43. The van der Waals surface area contributed by atoms with Crippen molar-refractivity contribution in [3.05, 3.63) is 90.0 Å². The Morgan fingerprint density at radius 1 is 0.731 bits per heavy atom. The van der Waals surface area contributed by atoms with Crippen molar-refractivity contribution >= 4 is 23.8 Å². The van der Waals surface area contributed by atoms with Gasteiger partial charge in [0.1, 0.15) is 0 Å². The Bertz CT molecular complexity index is 859. The van der Waals surface area contributed by atoms with Crippen molar-refractivity contribution in [1.29, 1.82) is 0 Å². The molecule has 5 rings (SSSR count). The molecule has 1 aliphatic heterocycles. The van der Waals surface area contributed by atoms with Crippen LogP contribution in [0.4, 0.5) is 0 Å². The van der Waals surface area contributed by atoms with Crippen LogP contribution in [0.2, 0.25) is 0 Å². The third kappa shape index (κ3) is 2.62. The minimum atomic E-state index is -0.531. The molecular weight excluding hydrogens is 333 g/mol. The van der Waals surface area contributed by atoms with Gasteiger partial charge in [-0.25, -0.2) is 0 Å². The first-order valence-corrected chi connectivity index (χ1v) is 11.0. The van der Waals surface area contributed by atoms with Crippen LogP contribution < -0.4 is 21.2 Å². The average molecular weight is 357 g/mol. The zero-order valence-electron chi connectivity index (χ0n) is 15.0. The van der Waals surface area contributed by atoms with Crippen LogP contribution in [0.1, 0.15) is 30.4 Å². The molecule has 26 heavy (non-hydrogen) atoms. The molecule has 2 heteroatoms. The molecule has 2 aliphatic rings. The maximum Gasteiger partial charge on any atom is 0.0447 e. The summed E-state index contributed by atoms with van der Waals surface area (Å²) in [6.45, 7) is 1.16. The van der Waals surface area contributed by atoms with E-state index in [0.717, 1.165) is 6.54 Å². The Morgan fingerprint density at radius 2 is 1.42 bits per heavy atom. The van der Waals surface area contributed by atoms with Gasteiger partial charge in [-0.2, -0.15) is 0 Å². The highest BCUT2D eigenvalue weighted by molar-refractivity contribution is 7.79. The first-order chi connectivity index (χ1) is 12.9. The van der Waals surface area contributed by atoms with Crippen molar-refractivity contribution in [3.63, 3.8) is 0 Å². The molecule has 1 fully saturated rings. The predicted octanol–water partition coefficient (Wildman–Crippen LogP) is 3.97. The zero-order valence-corrected chi connectivity index (χ0v) is 15.9. The third-order valence-corrected chi connectivity index (χ3v) is 8.43. The fourth-order valence-electron chi connectivity index (χ4n) is 4.82. The third-order valence-electron chi connectivity index (χ3n) is 5.94. The maximum atomic E-state index is 3.90. The van der Waals surface area contributed by atoms with E-state index in [0.29, 0.717) is 0 Å². The summed E-state index contributed by atoms with van der Waals surface area (Å²) in [6.07, 6.45) is 5.04. The molecule has 3 aromatic rings. The Morgan fingerprint density at radius 3 is 2.04 bits per heavy atom. The minimum Gasteiger partial charge on any atom is -0.307 e. The molecule has 3 aromatic carbocycles. The molecule has 1 N–H and O–H groups in total. The molecule has 1 atom stereocenters. The zero-order chi connectivity index (χ0) is 17.4. The van der Waals surface area contributed by atoms with Crippen LogP contribution in [0.3, 0.4) is 0 Å². The van der Waals surface area contributed by atoms with Crippen LogP contribution in [0.15, 0.2) is 78.9 Å². The lowest BCUT2D eigenvalue weighted by molar-refractivity contribution is 0.391. The minimum absolute atomic E-state index is 0.218. The van der Waals surface area contributed by atoms with Gasteiger partial charge in [-0.15, -0.1) is 0 Å². The molecule has 0 unspecified atom stereocenters. The number of nitrogens with one attached hydrogen (secondary N) is 1.